The van der Waals surface area contributed by atoms with E-state index >= 15 is 0 Å². The largest absolute Gasteiger partial charge is 0.487 e. The molecule has 63 heavy (non-hydrogen) atoms. The summed E-state index contributed by atoms with van der Waals surface area (Å²) in [5.41, 5.74) is 5.82. The Morgan fingerprint density at radius 1 is 1.02 bits per heavy atom. The SMILES string of the molecule is CCC(=O)CCC(C(C)=O)N1C(=O)c2ccc(OCC(=O)NC3CCN(c4c(Cl)cc(C(C)(C)c5ccc(OCc6ccnc(N[N+](C)(O)S)n6)cc5)cc4C#N)CC3)cc2C1=O. The van der Waals surface area contributed by atoms with E-state index in [1.807, 2.05) is 36.4 Å². The zero-order chi connectivity index (χ0) is 45.6. The Hall–Kier alpha value is -6.06. The highest BCUT2D eigenvalue weighted by Gasteiger charge is 2.42. The fourth-order valence-electron chi connectivity index (χ4n) is 7.64. The van der Waals surface area contributed by atoms with Crippen molar-refractivity contribution < 1.29 is 42.8 Å². The first-order valence-corrected chi connectivity index (χ1v) is 21.3. The average molecular weight is 898 g/mol. The van der Waals surface area contributed by atoms with Gasteiger partial charge in [-0.15, -0.1) is 0 Å². The van der Waals surface area contributed by atoms with Crippen LogP contribution in [0.2, 0.25) is 5.02 Å². The van der Waals surface area contributed by atoms with E-state index in [0.29, 0.717) is 60.1 Å². The normalized spacial score (nSPS) is 15.5. The number of benzene rings is 3. The minimum Gasteiger partial charge on any atom is -0.487 e. The molecular weight excluding hydrogens is 848 g/mol. The third-order valence-corrected chi connectivity index (χ3v) is 11.6. The van der Waals surface area contributed by atoms with E-state index in [4.69, 9.17) is 21.1 Å². The van der Waals surface area contributed by atoms with Crippen molar-refractivity contribution in [1.29, 1.82) is 5.26 Å². The number of ether oxygens (including phenoxy) is 2. The highest BCUT2D eigenvalue weighted by atomic mass is 35.5. The number of carbonyl (C=O) groups is 5. The van der Waals surface area contributed by atoms with Gasteiger partial charge < -0.3 is 19.7 Å². The maximum atomic E-state index is 13.3. The molecule has 16 nitrogen and oxygen atoms in total. The molecule has 1 fully saturated rings. The lowest BCUT2D eigenvalue weighted by molar-refractivity contribution is -0.955. The Morgan fingerprint density at radius 3 is 2.35 bits per heavy atom. The molecule has 3 N–H and O–H groups in total. The molecule has 6 rings (SSSR count). The van der Waals surface area contributed by atoms with Crippen LogP contribution in [0.3, 0.4) is 0 Å². The maximum absolute atomic E-state index is 13.3. The van der Waals surface area contributed by atoms with Gasteiger partial charge in [-0.05, 0) is 90.0 Å². The van der Waals surface area contributed by atoms with Crippen molar-refractivity contribution in [2.45, 2.75) is 83.9 Å². The van der Waals surface area contributed by atoms with Gasteiger partial charge in [-0.2, -0.15) is 15.9 Å². The summed E-state index contributed by atoms with van der Waals surface area (Å²) in [4.78, 5) is 75.2. The fourth-order valence-corrected chi connectivity index (χ4v) is 8.07. The Balaban J connectivity index is 1.01. The van der Waals surface area contributed by atoms with Crippen molar-refractivity contribution in [3.63, 3.8) is 0 Å². The van der Waals surface area contributed by atoms with Gasteiger partial charge in [0.2, 0.25) is 0 Å². The minimum atomic E-state index is -1.05. The van der Waals surface area contributed by atoms with Gasteiger partial charge in [0.25, 0.3) is 23.7 Å². The van der Waals surface area contributed by atoms with E-state index in [9.17, 15) is 34.4 Å². The molecule has 2 aliphatic rings. The summed E-state index contributed by atoms with van der Waals surface area (Å²) in [5.74, 6) is -1.06. The van der Waals surface area contributed by atoms with Crippen LogP contribution in [-0.4, -0.2) is 92.4 Å². The predicted molar refractivity (Wildman–Crippen MR) is 236 cm³/mol. The lowest BCUT2D eigenvalue weighted by Gasteiger charge is -2.35. The van der Waals surface area contributed by atoms with E-state index < -0.39 is 33.2 Å². The number of aromatic nitrogens is 2. The standard InChI is InChI=1S/C45H49ClN8O8S/c1-6-33(56)9-14-39(27(2)55)53-42(58)36-13-12-35(23-37(36)43(53)59)62-26-40(57)49-31-16-19-52(20-17-31)41-28(24-47)21-30(22-38(41)46)45(3,4)29-7-10-34(11-8-29)61-25-32-15-18-48-44(50-32)51-54(5,60)63/h7-8,10-13,15,18,21-23,31,39,60,63H,6,9,14,16-17,19-20,25-26H2,1-5H3,(H-,48,49,50,51,57)/p+1. The summed E-state index contributed by atoms with van der Waals surface area (Å²) in [5, 5.41) is 23.6. The fraction of sp³-hybridized carbons (Fsp3) is 0.378. The summed E-state index contributed by atoms with van der Waals surface area (Å²) >= 11 is 10.9. The number of thiol groups is 1. The van der Waals surface area contributed by atoms with Crippen molar-refractivity contribution in [1.82, 2.24) is 20.2 Å². The molecule has 4 aromatic rings. The van der Waals surface area contributed by atoms with Crippen LogP contribution < -0.4 is 25.1 Å². The summed E-state index contributed by atoms with van der Waals surface area (Å²) < 4.78 is 10.8. The van der Waals surface area contributed by atoms with Gasteiger partial charge in [0.1, 0.15) is 49.8 Å². The first-order valence-electron chi connectivity index (χ1n) is 20.5. The van der Waals surface area contributed by atoms with Crippen LogP contribution in [0.25, 0.3) is 0 Å². The first kappa shape index (κ1) is 46.4. The Labute approximate surface area is 376 Å². The number of nitrogens with one attached hydrogen (secondary N) is 2. The lowest BCUT2D eigenvalue weighted by atomic mass is 9.77. The van der Waals surface area contributed by atoms with Crippen molar-refractivity contribution in [2.75, 3.05) is 37.1 Å². The molecule has 2 aliphatic heterocycles. The number of rotatable bonds is 18. The molecule has 0 spiro atoms. The third kappa shape index (κ3) is 11.1. The van der Waals surface area contributed by atoms with E-state index in [-0.39, 0.29) is 66.6 Å². The van der Waals surface area contributed by atoms with Crippen LogP contribution >= 0.6 is 24.4 Å². The summed E-state index contributed by atoms with van der Waals surface area (Å²) in [6, 6.07) is 18.6. The number of hydrogen-bond acceptors (Lipinski definition) is 14. The Morgan fingerprint density at radius 2 is 1.70 bits per heavy atom. The summed E-state index contributed by atoms with van der Waals surface area (Å²) in [6.07, 6.45) is 3.16. The molecule has 2 atom stereocenters. The molecule has 3 aromatic carbocycles. The van der Waals surface area contributed by atoms with Crippen LogP contribution in [0.4, 0.5) is 11.6 Å². The number of anilines is 2. The number of quaternary nitrogens is 1. The number of carbonyl (C=O) groups excluding carboxylic acids is 5. The smallest absolute Gasteiger partial charge is 0.273 e. The van der Waals surface area contributed by atoms with Gasteiger partial charge in [0, 0.05) is 43.6 Å². The monoisotopic (exact) mass is 897 g/mol. The molecule has 0 aliphatic carbocycles. The summed E-state index contributed by atoms with van der Waals surface area (Å²) in [7, 11) is 1.40. The van der Waals surface area contributed by atoms with Crippen LogP contribution in [-0.2, 0) is 26.4 Å². The zero-order valence-electron chi connectivity index (χ0n) is 35.7. The molecule has 1 aromatic heterocycles. The second-order valence-corrected chi connectivity index (χ2v) is 17.3. The number of hydrogen-bond donors (Lipinski definition) is 4. The lowest BCUT2D eigenvalue weighted by Crippen LogP contribution is -2.46. The second-order valence-electron chi connectivity index (χ2n) is 16.2. The zero-order valence-corrected chi connectivity index (χ0v) is 37.3. The molecule has 18 heteroatoms. The first-order chi connectivity index (χ1) is 29.9. The van der Waals surface area contributed by atoms with Crippen LogP contribution in [0.1, 0.15) is 103 Å². The van der Waals surface area contributed by atoms with E-state index in [1.54, 1.807) is 19.2 Å². The highest BCUT2D eigenvalue weighted by molar-refractivity contribution is 7.74. The van der Waals surface area contributed by atoms with Gasteiger partial charge >= 0.3 is 0 Å². The second kappa shape index (κ2) is 19.5. The Kier molecular flexibility index (Phi) is 14.4. The van der Waals surface area contributed by atoms with Gasteiger partial charge in [-0.1, -0.05) is 44.5 Å². The van der Waals surface area contributed by atoms with E-state index in [2.05, 4.69) is 58.3 Å². The Bertz CT molecular complexity index is 2440. The number of Topliss-reactive ketones (excluding diaryl/α,β-unsaturated/α-hetero) is 2. The molecule has 3 amide bonds. The number of fused-ring (bicyclic) bond motifs is 1. The van der Waals surface area contributed by atoms with Crippen molar-refractivity contribution in [3.8, 4) is 17.6 Å². The van der Waals surface area contributed by atoms with Crippen molar-refractivity contribution >= 4 is 65.3 Å². The quantitative estimate of drug-likeness (QED) is 0.0371. The van der Waals surface area contributed by atoms with Gasteiger partial charge in [0.15, 0.2) is 12.4 Å². The number of amides is 3. The van der Waals surface area contributed by atoms with Gasteiger partial charge in [-0.25, -0.2) is 9.97 Å². The molecule has 0 bridgehead atoms. The number of imide groups is 1. The highest BCUT2D eigenvalue weighted by Crippen LogP contribution is 2.40. The summed E-state index contributed by atoms with van der Waals surface area (Å²) in [6.45, 7) is 8.03. The molecule has 0 radical (unpaired) electrons. The number of halogens is 1. The molecule has 0 saturated carbocycles. The van der Waals surface area contributed by atoms with Crippen molar-refractivity contribution in [2.24, 2.45) is 0 Å². The van der Waals surface area contributed by atoms with Crippen LogP contribution in [0.5, 0.6) is 11.5 Å². The van der Waals surface area contributed by atoms with Gasteiger partial charge in [-0.3, -0.25) is 28.9 Å². The average Bonchev–Trinajstić information content (AvgIpc) is 3.49. The minimum absolute atomic E-state index is 0.0557. The molecule has 3 heterocycles. The number of hydroxylamine groups is 1. The molecule has 1 saturated heterocycles. The molecular formula is C45H50ClN8O8S+. The third-order valence-electron chi connectivity index (χ3n) is 11.2. The number of ketones is 2. The number of nitrogens with zero attached hydrogens (tertiary/aromatic N) is 6. The molecule has 2 unspecified atom stereocenters. The van der Waals surface area contributed by atoms with Gasteiger partial charge in [0.05, 0.1) is 39.1 Å². The topological polar surface area (TPSA) is 204 Å². The van der Waals surface area contributed by atoms with E-state index in [0.717, 1.165) is 16.0 Å². The number of piperidine rings is 1. The van der Waals surface area contributed by atoms with Crippen LogP contribution in [0.15, 0.2) is 66.9 Å². The predicted octanol–water partition coefficient (Wildman–Crippen LogP) is 6.39. The molecule has 330 valence electrons. The van der Waals surface area contributed by atoms with Crippen molar-refractivity contribution in [3.05, 3.63) is 105 Å². The van der Waals surface area contributed by atoms with E-state index in [1.165, 1.54) is 32.2 Å². The number of nitriles is 1. The van der Waals surface area contributed by atoms with Crippen LogP contribution in [0, 0.1) is 11.3 Å². The maximum Gasteiger partial charge on any atom is 0.273 e.